The highest BCUT2D eigenvalue weighted by Crippen LogP contribution is 1.88. The molecule has 0 aliphatic heterocycles. The highest BCUT2D eigenvalue weighted by Gasteiger charge is 1.88. The summed E-state index contributed by atoms with van der Waals surface area (Å²) in [6.07, 6.45) is 2.15. The van der Waals surface area contributed by atoms with E-state index in [1.165, 1.54) is 6.39 Å². The van der Waals surface area contributed by atoms with Crippen molar-refractivity contribution in [3.05, 3.63) is 12.3 Å². The van der Waals surface area contributed by atoms with E-state index in [9.17, 15) is 0 Å². The summed E-state index contributed by atoms with van der Waals surface area (Å²) >= 11 is 0. The summed E-state index contributed by atoms with van der Waals surface area (Å²) in [6.45, 7) is 5.97. The lowest BCUT2D eigenvalue weighted by atomic mass is 10.5. The third-order valence-corrected chi connectivity index (χ3v) is 0.708. The van der Waals surface area contributed by atoms with Crippen LogP contribution in [0.5, 0.6) is 0 Å². The van der Waals surface area contributed by atoms with Crippen LogP contribution in [0.3, 0.4) is 0 Å². The third kappa shape index (κ3) is 2.85. The molecule has 0 bridgehead atoms. The molecule has 0 aliphatic rings. The molecule has 1 rings (SSSR count). The lowest BCUT2D eigenvalue weighted by Crippen LogP contribution is -1.75. The maximum atomic E-state index is 4.76. The van der Waals surface area contributed by atoms with Crippen LogP contribution < -0.4 is 0 Å². The zero-order chi connectivity index (χ0) is 7.11. The monoisotopic (exact) mass is 128 g/mol. The van der Waals surface area contributed by atoms with Gasteiger partial charge in [0.1, 0.15) is 0 Å². The van der Waals surface area contributed by atoms with Crippen LogP contribution in [0.15, 0.2) is 10.8 Å². The predicted octanol–water partition coefficient (Wildman–Crippen LogP) is 1.66. The summed E-state index contributed by atoms with van der Waals surface area (Å²) in [5.41, 5.74) is 0. The smallest absolute Gasteiger partial charge is 0.215 e. The average Bonchev–Trinajstić information content (AvgIpc) is 2.43. The number of hydrogen-bond acceptors (Lipinski definition) is 3. The number of aryl methyl sites for hydroxylation is 1. The van der Waals surface area contributed by atoms with Gasteiger partial charge in [-0.05, 0) is 0 Å². The summed E-state index contributed by atoms with van der Waals surface area (Å²) in [7, 11) is 0. The molecule has 1 aromatic heterocycles. The number of aromatic nitrogens is 2. The number of nitrogens with zero attached hydrogens (tertiary/aromatic N) is 2. The average molecular weight is 128 g/mol. The van der Waals surface area contributed by atoms with E-state index < -0.39 is 0 Å². The van der Waals surface area contributed by atoms with Gasteiger partial charge in [0, 0.05) is 6.42 Å². The molecular formula is C6H12N2O. The minimum atomic E-state index is 0.694. The molecule has 0 N–H and O–H groups in total. The lowest BCUT2D eigenvalue weighted by Gasteiger charge is -1.74. The molecule has 0 aliphatic carbocycles. The SMILES string of the molecule is CC.CCc1nnco1. The molecule has 0 fully saturated rings. The first-order valence-corrected chi connectivity index (χ1v) is 3.18. The van der Waals surface area contributed by atoms with Gasteiger partial charge in [-0.1, -0.05) is 20.8 Å². The van der Waals surface area contributed by atoms with E-state index in [4.69, 9.17) is 4.42 Å². The molecule has 0 radical (unpaired) electrons. The van der Waals surface area contributed by atoms with Crippen molar-refractivity contribution in [2.45, 2.75) is 27.2 Å². The fraction of sp³-hybridized carbons (Fsp3) is 0.667. The zero-order valence-corrected chi connectivity index (χ0v) is 6.09. The third-order valence-electron chi connectivity index (χ3n) is 0.708. The molecule has 0 amide bonds. The second-order valence-electron chi connectivity index (χ2n) is 1.19. The molecule has 52 valence electrons. The molecular weight excluding hydrogens is 116 g/mol. The van der Waals surface area contributed by atoms with Gasteiger partial charge in [0.15, 0.2) is 0 Å². The first kappa shape index (κ1) is 8.14. The van der Waals surface area contributed by atoms with Gasteiger partial charge in [-0.15, -0.1) is 10.2 Å². The lowest BCUT2D eigenvalue weighted by molar-refractivity contribution is 0.500. The van der Waals surface area contributed by atoms with Crippen LogP contribution in [0.2, 0.25) is 0 Å². The molecule has 3 heteroatoms. The van der Waals surface area contributed by atoms with E-state index in [0.29, 0.717) is 5.89 Å². The Morgan fingerprint density at radius 3 is 2.44 bits per heavy atom. The van der Waals surface area contributed by atoms with Gasteiger partial charge in [0.2, 0.25) is 12.3 Å². The van der Waals surface area contributed by atoms with Gasteiger partial charge in [-0.3, -0.25) is 0 Å². The Hall–Kier alpha value is -0.860. The van der Waals surface area contributed by atoms with Crippen molar-refractivity contribution in [1.29, 1.82) is 0 Å². The first-order chi connectivity index (χ1) is 4.43. The van der Waals surface area contributed by atoms with Crippen molar-refractivity contribution in [3.63, 3.8) is 0 Å². The number of hydrogen-bond donors (Lipinski definition) is 0. The standard InChI is InChI=1S/C4H6N2O.C2H6/c1-2-4-6-5-3-7-4;1-2/h3H,2H2,1H3;1-2H3. The highest BCUT2D eigenvalue weighted by molar-refractivity contribution is 4.68. The molecule has 0 spiro atoms. The van der Waals surface area contributed by atoms with E-state index in [-0.39, 0.29) is 0 Å². The maximum absolute atomic E-state index is 4.76. The van der Waals surface area contributed by atoms with Crippen molar-refractivity contribution in [2.24, 2.45) is 0 Å². The topological polar surface area (TPSA) is 38.9 Å². The Morgan fingerprint density at radius 2 is 2.22 bits per heavy atom. The van der Waals surface area contributed by atoms with E-state index in [1.807, 2.05) is 20.8 Å². The molecule has 1 heterocycles. The predicted molar refractivity (Wildman–Crippen MR) is 35.0 cm³/mol. The Balaban J connectivity index is 0.000000291. The summed E-state index contributed by atoms with van der Waals surface area (Å²) in [5, 5.41) is 7.09. The quantitative estimate of drug-likeness (QED) is 0.577. The maximum Gasteiger partial charge on any atom is 0.215 e. The Labute approximate surface area is 55.1 Å². The van der Waals surface area contributed by atoms with Crippen LogP contribution in [0.4, 0.5) is 0 Å². The highest BCUT2D eigenvalue weighted by atomic mass is 16.4. The van der Waals surface area contributed by atoms with Gasteiger partial charge in [-0.2, -0.15) is 0 Å². The molecule has 0 aromatic carbocycles. The van der Waals surface area contributed by atoms with Crippen molar-refractivity contribution >= 4 is 0 Å². The van der Waals surface area contributed by atoms with E-state index >= 15 is 0 Å². The van der Waals surface area contributed by atoms with Crippen molar-refractivity contribution < 1.29 is 4.42 Å². The largest absolute Gasteiger partial charge is 0.428 e. The first-order valence-electron chi connectivity index (χ1n) is 3.18. The second-order valence-corrected chi connectivity index (χ2v) is 1.19. The van der Waals surface area contributed by atoms with Crippen molar-refractivity contribution in [3.8, 4) is 0 Å². The molecule has 9 heavy (non-hydrogen) atoms. The van der Waals surface area contributed by atoms with Crippen LogP contribution in [-0.2, 0) is 6.42 Å². The summed E-state index contributed by atoms with van der Waals surface area (Å²) in [5.74, 6) is 0.694. The molecule has 0 saturated carbocycles. The van der Waals surface area contributed by atoms with Gasteiger partial charge in [0.25, 0.3) is 0 Å². The van der Waals surface area contributed by atoms with Gasteiger partial charge >= 0.3 is 0 Å². The van der Waals surface area contributed by atoms with Gasteiger partial charge < -0.3 is 4.42 Å². The summed E-state index contributed by atoms with van der Waals surface area (Å²) in [4.78, 5) is 0. The molecule has 0 atom stereocenters. The number of rotatable bonds is 1. The summed E-state index contributed by atoms with van der Waals surface area (Å²) in [6, 6.07) is 0. The van der Waals surface area contributed by atoms with Crippen molar-refractivity contribution in [1.82, 2.24) is 10.2 Å². The van der Waals surface area contributed by atoms with Gasteiger partial charge in [0.05, 0.1) is 0 Å². The fourth-order valence-corrected chi connectivity index (χ4v) is 0.350. The van der Waals surface area contributed by atoms with E-state index in [2.05, 4.69) is 10.2 Å². The fourth-order valence-electron chi connectivity index (χ4n) is 0.350. The molecule has 0 unspecified atom stereocenters. The van der Waals surface area contributed by atoms with Crippen LogP contribution >= 0.6 is 0 Å². The van der Waals surface area contributed by atoms with E-state index in [1.54, 1.807) is 0 Å². The summed E-state index contributed by atoms with van der Waals surface area (Å²) < 4.78 is 4.76. The molecule has 0 saturated heterocycles. The van der Waals surface area contributed by atoms with Crippen molar-refractivity contribution in [2.75, 3.05) is 0 Å². The Morgan fingerprint density at radius 1 is 1.56 bits per heavy atom. The molecule has 3 nitrogen and oxygen atoms in total. The Bertz CT molecular complexity index is 126. The van der Waals surface area contributed by atoms with Crippen LogP contribution in [0, 0.1) is 0 Å². The van der Waals surface area contributed by atoms with Crippen LogP contribution in [-0.4, -0.2) is 10.2 Å². The minimum absolute atomic E-state index is 0.694. The zero-order valence-electron chi connectivity index (χ0n) is 6.09. The van der Waals surface area contributed by atoms with Gasteiger partial charge in [-0.25, -0.2) is 0 Å². The Kier molecular flexibility index (Phi) is 4.78. The second kappa shape index (κ2) is 5.28. The van der Waals surface area contributed by atoms with Crippen LogP contribution in [0.25, 0.3) is 0 Å². The minimum Gasteiger partial charge on any atom is -0.428 e. The van der Waals surface area contributed by atoms with E-state index in [0.717, 1.165) is 6.42 Å². The molecule has 1 aromatic rings. The normalized spacial score (nSPS) is 7.89. The van der Waals surface area contributed by atoms with Crippen LogP contribution in [0.1, 0.15) is 26.7 Å².